The predicted octanol–water partition coefficient (Wildman–Crippen LogP) is 1.42. The number of hydrogen-bond donors (Lipinski definition) is 2. The van der Waals surface area contributed by atoms with Gasteiger partial charge in [0.1, 0.15) is 0 Å². The highest BCUT2D eigenvalue weighted by Crippen LogP contribution is 2.22. The van der Waals surface area contributed by atoms with Crippen LogP contribution in [0.2, 0.25) is 0 Å². The first-order valence-electron chi connectivity index (χ1n) is 5.94. The van der Waals surface area contributed by atoms with Crippen LogP contribution in [0.15, 0.2) is 64.4 Å². The quantitative estimate of drug-likeness (QED) is 0.891. The van der Waals surface area contributed by atoms with E-state index in [2.05, 4.69) is 5.32 Å². The maximum Gasteiger partial charge on any atom is 0.238 e. The van der Waals surface area contributed by atoms with Gasteiger partial charge in [0.05, 0.1) is 16.3 Å². The Hall–Kier alpha value is -2.18. The van der Waals surface area contributed by atoms with Gasteiger partial charge >= 0.3 is 0 Å². The van der Waals surface area contributed by atoms with Crippen LogP contribution >= 0.6 is 0 Å². The molecule has 0 spiro atoms. The van der Waals surface area contributed by atoms with Gasteiger partial charge in [0, 0.05) is 5.69 Å². The van der Waals surface area contributed by atoms with Crippen molar-refractivity contribution in [1.82, 2.24) is 0 Å². The van der Waals surface area contributed by atoms with Crippen molar-refractivity contribution < 1.29 is 13.2 Å². The molecule has 0 saturated heterocycles. The van der Waals surface area contributed by atoms with E-state index in [0.29, 0.717) is 5.69 Å². The van der Waals surface area contributed by atoms with Crippen molar-refractivity contribution in [3.63, 3.8) is 0 Å². The number of carbonyl (C=O) groups is 1. The van der Waals surface area contributed by atoms with Gasteiger partial charge < -0.3 is 11.1 Å². The molecule has 0 fully saturated rings. The summed E-state index contributed by atoms with van der Waals surface area (Å²) in [6.45, 7) is -0.157. The molecular weight excluding hydrogens is 276 g/mol. The van der Waals surface area contributed by atoms with Crippen molar-refractivity contribution in [1.29, 1.82) is 0 Å². The minimum atomic E-state index is -3.59. The van der Waals surface area contributed by atoms with Gasteiger partial charge in [-0.05, 0) is 30.3 Å². The number of rotatable bonds is 4. The Bertz CT molecular complexity index is 712. The molecule has 0 bridgehead atoms. The summed E-state index contributed by atoms with van der Waals surface area (Å²) in [5.41, 5.74) is 5.60. The van der Waals surface area contributed by atoms with Crippen LogP contribution in [-0.2, 0) is 14.6 Å². The number of nitrogens with two attached hydrogens (primary N) is 1. The molecule has 0 aromatic heterocycles. The summed E-state index contributed by atoms with van der Waals surface area (Å²) in [5.74, 6) is -0.376. The molecular formula is C14H14N2O3S. The number of carbonyl (C=O) groups excluding carboxylic acids is 1. The highest BCUT2D eigenvalue weighted by molar-refractivity contribution is 7.91. The minimum Gasteiger partial charge on any atom is -0.325 e. The lowest BCUT2D eigenvalue weighted by atomic mass is 10.3. The lowest BCUT2D eigenvalue weighted by molar-refractivity contribution is -0.114. The van der Waals surface area contributed by atoms with Gasteiger partial charge in [0.2, 0.25) is 15.7 Å². The summed E-state index contributed by atoms with van der Waals surface area (Å²) in [6.07, 6.45) is 0. The molecule has 0 aliphatic rings. The van der Waals surface area contributed by atoms with Gasteiger partial charge in [-0.2, -0.15) is 0 Å². The van der Waals surface area contributed by atoms with E-state index >= 15 is 0 Å². The molecule has 0 aliphatic carbocycles. The van der Waals surface area contributed by atoms with E-state index in [4.69, 9.17) is 5.73 Å². The Morgan fingerprint density at radius 2 is 1.65 bits per heavy atom. The molecule has 0 radical (unpaired) electrons. The van der Waals surface area contributed by atoms with Crippen LogP contribution in [0, 0.1) is 0 Å². The summed E-state index contributed by atoms with van der Waals surface area (Å²) in [6, 6.07) is 14.2. The fraction of sp³-hybridized carbons (Fsp3) is 0.0714. The molecule has 2 aromatic carbocycles. The van der Waals surface area contributed by atoms with E-state index in [9.17, 15) is 13.2 Å². The lowest BCUT2D eigenvalue weighted by Gasteiger charge is -2.07. The first-order valence-corrected chi connectivity index (χ1v) is 7.42. The van der Waals surface area contributed by atoms with E-state index in [1.54, 1.807) is 30.3 Å². The van der Waals surface area contributed by atoms with Gasteiger partial charge in [0.15, 0.2) is 0 Å². The number of benzene rings is 2. The third-order valence-electron chi connectivity index (χ3n) is 2.67. The van der Waals surface area contributed by atoms with E-state index in [-0.39, 0.29) is 22.2 Å². The Kier molecular flexibility index (Phi) is 4.16. The number of sulfone groups is 1. The number of anilines is 1. The van der Waals surface area contributed by atoms with Gasteiger partial charge in [-0.15, -0.1) is 0 Å². The van der Waals surface area contributed by atoms with Crippen molar-refractivity contribution in [2.24, 2.45) is 5.73 Å². The normalized spacial score (nSPS) is 11.1. The molecule has 20 heavy (non-hydrogen) atoms. The van der Waals surface area contributed by atoms with Crippen molar-refractivity contribution in [2.75, 3.05) is 11.9 Å². The Labute approximate surface area is 117 Å². The molecule has 3 N–H and O–H groups in total. The SMILES string of the molecule is NCC(=O)Nc1cccc(S(=O)(=O)c2ccccc2)c1. The average molecular weight is 290 g/mol. The van der Waals surface area contributed by atoms with Crippen LogP contribution in [0.3, 0.4) is 0 Å². The van der Waals surface area contributed by atoms with E-state index in [1.165, 1.54) is 24.3 Å². The molecule has 0 atom stereocenters. The maximum absolute atomic E-state index is 12.4. The standard InChI is InChI=1S/C14H14N2O3S/c15-10-14(17)16-11-5-4-8-13(9-11)20(18,19)12-6-2-1-3-7-12/h1-9H,10,15H2,(H,16,17). The van der Waals surface area contributed by atoms with Gasteiger partial charge in [-0.1, -0.05) is 24.3 Å². The fourth-order valence-electron chi connectivity index (χ4n) is 1.69. The summed E-state index contributed by atoms with van der Waals surface area (Å²) in [7, 11) is -3.59. The molecule has 5 nitrogen and oxygen atoms in total. The topological polar surface area (TPSA) is 89.3 Å². The minimum absolute atomic E-state index is 0.124. The third kappa shape index (κ3) is 3.04. The summed E-state index contributed by atoms with van der Waals surface area (Å²) >= 11 is 0. The zero-order valence-corrected chi connectivity index (χ0v) is 11.4. The largest absolute Gasteiger partial charge is 0.325 e. The van der Waals surface area contributed by atoms with Crippen LogP contribution in [0.4, 0.5) is 5.69 Å². The highest BCUT2D eigenvalue weighted by atomic mass is 32.2. The predicted molar refractivity (Wildman–Crippen MR) is 76.0 cm³/mol. The van der Waals surface area contributed by atoms with Gasteiger partial charge in [0.25, 0.3) is 0 Å². The second-order valence-electron chi connectivity index (χ2n) is 4.10. The first kappa shape index (κ1) is 14.2. The number of hydrogen-bond acceptors (Lipinski definition) is 4. The van der Waals surface area contributed by atoms with Crippen LogP contribution in [-0.4, -0.2) is 20.9 Å². The summed E-state index contributed by atoms with van der Waals surface area (Å²) in [5, 5.41) is 2.53. The van der Waals surface area contributed by atoms with Crippen LogP contribution < -0.4 is 11.1 Å². The van der Waals surface area contributed by atoms with Crippen molar-refractivity contribution >= 4 is 21.4 Å². The molecule has 0 heterocycles. The number of nitrogens with one attached hydrogen (secondary N) is 1. The number of amides is 1. The monoisotopic (exact) mass is 290 g/mol. The Balaban J connectivity index is 2.38. The van der Waals surface area contributed by atoms with E-state index in [0.717, 1.165) is 0 Å². The second-order valence-corrected chi connectivity index (χ2v) is 6.05. The van der Waals surface area contributed by atoms with Crippen LogP contribution in [0.25, 0.3) is 0 Å². The molecule has 2 rings (SSSR count). The zero-order valence-electron chi connectivity index (χ0n) is 10.6. The molecule has 1 amide bonds. The fourth-order valence-corrected chi connectivity index (χ4v) is 3.02. The molecule has 104 valence electrons. The van der Waals surface area contributed by atoms with Crippen molar-refractivity contribution in [3.8, 4) is 0 Å². The Morgan fingerprint density at radius 1 is 1.00 bits per heavy atom. The van der Waals surface area contributed by atoms with E-state index < -0.39 is 9.84 Å². The third-order valence-corrected chi connectivity index (χ3v) is 4.43. The smallest absolute Gasteiger partial charge is 0.238 e. The summed E-state index contributed by atoms with van der Waals surface area (Å²) in [4.78, 5) is 11.6. The lowest BCUT2D eigenvalue weighted by Crippen LogP contribution is -2.21. The molecule has 0 aliphatic heterocycles. The maximum atomic E-state index is 12.4. The molecule has 6 heteroatoms. The second kappa shape index (κ2) is 5.85. The van der Waals surface area contributed by atoms with Crippen molar-refractivity contribution in [3.05, 3.63) is 54.6 Å². The highest BCUT2D eigenvalue weighted by Gasteiger charge is 2.17. The van der Waals surface area contributed by atoms with Crippen molar-refractivity contribution in [2.45, 2.75) is 9.79 Å². The Morgan fingerprint density at radius 3 is 2.30 bits per heavy atom. The molecule has 0 saturated carbocycles. The summed E-state index contributed by atoms with van der Waals surface area (Å²) < 4.78 is 24.8. The molecule has 2 aromatic rings. The molecule has 0 unspecified atom stereocenters. The van der Waals surface area contributed by atoms with Gasteiger partial charge in [-0.3, -0.25) is 4.79 Å². The first-order chi connectivity index (χ1) is 9.54. The van der Waals surface area contributed by atoms with E-state index in [1.807, 2.05) is 0 Å². The van der Waals surface area contributed by atoms with Crippen LogP contribution in [0.1, 0.15) is 0 Å². The zero-order chi connectivity index (χ0) is 14.6. The van der Waals surface area contributed by atoms with Crippen LogP contribution in [0.5, 0.6) is 0 Å². The average Bonchev–Trinajstić information content (AvgIpc) is 2.48. The van der Waals surface area contributed by atoms with Gasteiger partial charge in [-0.25, -0.2) is 8.42 Å².